The topological polar surface area (TPSA) is 58.4 Å². The molecule has 0 unspecified atom stereocenters. The minimum atomic E-state index is -0.778. The summed E-state index contributed by atoms with van der Waals surface area (Å²) in [5, 5.41) is 13.7. The average molecular weight is 239 g/mol. The Morgan fingerprint density at radius 2 is 2.18 bits per heavy atom. The molecule has 0 aliphatic heterocycles. The number of aliphatic hydroxyl groups is 1. The van der Waals surface area contributed by atoms with E-state index >= 15 is 0 Å². The van der Waals surface area contributed by atoms with Crippen molar-refractivity contribution in [1.82, 2.24) is 9.78 Å². The first kappa shape index (κ1) is 13.7. The van der Waals surface area contributed by atoms with Crippen molar-refractivity contribution in [2.24, 2.45) is 0 Å². The average Bonchev–Trinajstić information content (AvgIpc) is 2.25. The van der Waals surface area contributed by atoms with Crippen molar-refractivity contribution in [2.45, 2.75) is 39.3 Å². The van der Waals surface area contributed by atoms with Gasteiger partial charge in [0, 0.05) is 26.2 Å². The molecule has 0 aliphatic carbocycles. The second-order valence-corrected chi connectivity index (χ2v) is 4.85. The molecule has 0 saturated heterocycles. The number of aromatic nitrogens is 2. The van der Waals surface area contributed by atoms with E-state index < -0.39 is 5.60 Å². The van der Waals surface area contributed by atoms with Crippen LogP contribution in [-0.4, -0.2) is 34.1 Å². The van der Waals surface area contributed by atoms with E-state index in [0.29, 0.717) is 13.0 Å². The van der Waals surface area contributed by atoms with Gasteiger partial charge in [0.1, 0.15) is 0 Å². The monoisotopic (exact) mass is 239 g/mol. The zero-order chi connectivity index (χ0) is 13.1. The van der Waals surface area contributed by atoms with Crippen LogP contribution in [0.2, 0.25) is 0 Å². The van der Waals surface area contributed by atoms with Crippen LogP contribution in [0.25, 0.3) is 0 Å². The third-order valence-electron chi connectivity index (χ3n) is 2.71. The molecule has 17 heavy (non-hydrogen) atoms. The number of anilines is 1. The fraction of sp³-hybridized carbons (Fsp3) is 0.667. The van der Waals surface area contributed by atoms with Crippen LogP contribution in [0.15, 0.2) is 17.1 Å². The summed E-state index contributed by atoms with van der Waals surface area (Å²) in [5.74, 6) is 0. The van der Waals surface area contributed by atoms with Gasteiger partial charge in [0.15, 0.2) is 0 Å². The molecule has 1 aromatic heterocycles. The molecule has 5 heteroatoms. The Labute approximate surface area is 102 Å². The van der Waals surface area contributed by atoms with Gasteiger partial charge >= 0.3 is 0 Å². The molecule has 5 nitrogen and oxygen atoms in total. The maximum absolute atomic E-state index is 11.8. The largest absolute Gasteiger partial charge is 0.390 e. The van der Waals surface area contributed by atoms with Crippen LogP contribution in [0.3, 0.4) is 0 Å². The van der Waals surface area contributed by atoms with Gasteiger partial charge < -0.3 is 10.0 Å². The van der Waals surface area contributed by atoms with E-state index in [1.54, 1.807) is 26.1 Å². The van der Waals surface area contributed by atoms with Crippen molar-refractivity contribution in [3.63, 3.8) is 0 Å². The molecule has 0 aliphatic rings. The Bertz CT molecular complexity index is 420. The summed E-state index contributed by atoms with van der Waals surface area (Å²) in [5.41, 5.74) is -0.0935. The second kappa shape index (κ2) is 5.31. The van der Waals surface area contributed by atoms with Gasteiger partial charge in [-0.2, -0.15) is 5.10 Å². The molecule has 1 aromatic rings. The summed E-state index contributed by atoms with van der Waals surface area (Å²) < 4.78 is 1.38. The van der Waals surface area contributed by atoms with Gasteiger partial charge in [-0.3, -0.25) is 4.79 Å². The normalized spacial score (nSPS) is 11.6. The molecule has 1 rings (SSSR count). The van der Waals surface area contributed by atoms with E-state index in [1.807, 2.05) is 18.9 Å². The van der Waals surface area contributed by atoms with Crippen molar-refractivity contribution < 1.29 is 5.11 Å². The summed E-state index contributed by atoms with van der Waals surface area (Å²) in [7, 11) is 1.91. The molecule has 0 amide bonds. The summed E-state index contributed by atoms with van der Waals surface area (Å²) in [6.07, 6.45) is 2.18. The van der Waals surface area contributed by atoms with Gasteiger partial charge in [-0.05, 0) is 27.2 Å². The number of aryl methyl sites for hydroxylation is 1. The van der Waals surface area contributed by atoms with Gasteiger partial charge in [0.25, 0.3) is 5.56 Å². The smallest absolute Gasteiger partial charge is 0.268 e. The lowest BCUT2D eigenvalue weighted by molar-refractivity contribution is 0.0646. The molecule has 0 atom stereocenters. The first-order chi connectivity index (χ1) is 7.83. The summed E-state index contributed by atoms with van der Waals surface area (Å²) >= 11 is 0. The van der Waals surface area contributed by atoms with Crippen LogP contribution < -0.4 is 10.5 Å². The fourth-order valence-electron chi connectivity index (χ4n) is 1.36. The van der Waals surface area contributed by atoms with Crippen LogP contribution in [0.4, 0.5) is 5.69 Å². The third-order valence-corrected chi connectivity index (χ3v) is 2.71. The van der Waals surface area contributed by atoms with Crippen molar-refractivity contribution in [3.8, 4) is 0 Å². The molecule has 0 fully saturated rings. The number of nitrogens with zero attached hydrogens (tertiary/aromatic N) is 3. The van der Waals surface area contributed by atoms with Gasteiger partial charge in [0.2, 0.25) is 0 Å². The Hall–Kier alpha value is -1.36. The van der Waals surface area contributed by atoms with Gasteiger partial charge in [0.05, 0.1) is 17.5 Å². The predicted octanol–water partition coefficient (Wildman–Crippen LogP) is 0.860. The predicted molar refractivity (Wildman–Crippen MR) is 68.4 cm³/mol. The highest BCUT2D eigenvalue weighted by Crippen LogP contribution is 2.09. The summed E-state index contributed by atoms with van der Waals surface area (Å²) in [6.45, 7) is 6.71. The highest BCUT2D eigenvalue weighted by molar-refractivity contribution is 5.41. The standard InChI is InChI=1S/C12H21N3O2/c1-5-14(4)10-8-11(16)15(13-9-10)7-6-12(2,3)17/h8-9,17H,5-7H2,1-4H3. The molecular weight excluding hydrogens is 218 g/mol. The first-order valence-electron chi connectivity index (χ1n) is 5.84. The Morgan fingerprint density at radius 1 is 1.53 bits per heavy atom. The lowest BCUT2D eigenvalue weighted by Crippen LogP contribution is -2.29. The second-order valence-electron chi connectivity index (χ2n) is 4.85. The minimum absolute atomic E-state index is 0.132. The summed E-state index contributed by atoms with van der Waals surface area (Å²) in [4.78, 5) is 13.7. The highest BCUT2D eigenvalue weighted by Gasteiger charge is 2.13. The first-order valence-corrected chi connectivity index (χ1v) is 5.84. The van der Waals surface area contributed by atoms with Gasteiger partial charge in [-0.25, -0.2) is 4.68 Å². The summed E-state index contributed by atoms with van der Waals surface area (Å²) in [6, 6.07) is 1.57. The minimum Gasteiger partial charge on any atom is -0.390 e. The van der Waals surface area contributed by atoms with E-state index in [2.05, 4.69) is 5.10 Å². The van der Waals surface area contributed by atoms with Crippen LogP contribution in [-0.2, 0) is 6.54 Å². The molecule has 0 spiro atoms. The van der Waals surface area contributed by atoms with Crippen LogP contribution in [0.1, 0.15) is 27.2 Å². The molecule has 1 heterocycles. The molecule has 96 valence electrons. The maximum atomic E-state index is 11.8. The fourth-order valence-corrected chi connectivity index (χ4v) is 1.36. The van der Waals surface area contributed by atoms with Crippen molar-refractivity contribution >= 4 is 5.69 Å². The number of hydrogen-bond donors (Lipinski definition) is 1. The third kappa shape index (κ3) is 4.19. The quantitative estimate of drug-likeness (QED) is 0.828. The van der Waals surface area contributed by atoms with Gasteiger partial charge in [-0.15, -0.1) is 0 Å². The molecule has 1 N–H and O–H groups in total. The molecule has 0 saturated carbocycles. The van der Waals surface area contributed by atoms with E-state index in [1.165, 1.54) is 4.68 Å². The van der Waals surface area contributed by atoms with Crippen LogP contribution in [0.5, 0.6) is 0 Å². The highest BCUT2D eigenvalue weighted by atomic mass is 16.3. The maximum Gasteiger partial charge on any atom is 0.268 e. The SMILES string of the molecule is CCN(C)c1cnn(CCC(C)(C)O)c(=O)c1. The van der Waals surface area contributed by atoms with Crippen LogP contribution >= 0.6 is 0 Å². The van der Waals surface area contributed by atoms with E-state index in [4.69, 9.17) is 0 Å². The van der Waals surface area contributed by atoms with Gasteiger partial charge in [-0.1, -0.05) is 0 Å². The number of hydrogen-bond acceptors (Lipinski definition) is 4. The molecule has 0 bridgehead atoms. The van der Waals surface area contributed by atoms with Crippen molar-refractivity contribution in [1.29, 1.82) is 0 Å². The van der Waals surface area contributed by atoms with E-state index in [-0.39, 0.29) is 5.56 Å². The zero-order valence-corrected chi connectivity index (χ0v) is 11.0. The van der Waals surface area contributed by atoms with E-state index in [0.717, 1.165) is 12.2 Å². The molecule has 0 aromatic carbocycles. The van der Waals surface area contributed by atoms with Crippen molar-refractivity contribution in [3.05, 3.63) is 22.6 Å². The molecular formula is C12H21N3O2. The van der Waals surface area contributed by atoms with Crippen LogP contribution in [0, 0.1) is 0 Å². The molecule has 0 radical (unpaired) electrons. The lowest BCUT2D eigenvalue weighted by Gasteiger charge is -2.18. The lowest BCUT2D eigenvalue weighted by atomic mass is 10.1. The Morgan fingerprint density at radius 3 is 2.65 bits per heavy atom. The van der Waals surface area contributed by atoms with Crippen molar-refractivity contribution in [2.75, 3.05) is 18.5 Å². The Kier molecular flexibility index (Phi) is 4.28. The Balaban J connectivity index is 2.80. The van der Waals surface area contributed by atoms with E-state index in [9.17, 15) is 9.90 Å². The zero-order valence-electron chi connectivity index (χ0n) is 11.0. The number of rotatable bonds is 5.